The number of nitrogens with zero attached hydrogens (tertiary/aromatic N) is 2. The van der Waals surface area contributed by atoms with E-state index in [1.165, 1.54) is 32.1 Å². The predicted molar refractivity (Wildman–Crippen MR) is 85.9 cm³/mol. The van der Waals surface area contributed by atoms with Gasteiger partial charge < -0.3 is 10.5 Å². The van der Waals surface area contributed by atoms with E-state index >= 15 is 0 Å². The molecule has 1 heterocycles. The molecule has 1 aliphatic rings. The maximum Gasteiger partial charge on any atom is 0.160 e. The van der Waals surface area contributed by atoms with E-state index in [-0.39, 0.29) is 6.10 Å². The van der Waals surface area contributed by atoms with Crippen molar-refractivity contribution >= 4 is 5.82 Å². The molecule has 1 atom stereocenters. The number of ether oxygens (including phenoxy) is 1. The quantitative estimate of drug-likeness (QED) is 0.863. The van der Waals surface area contributed by atoms with Crippen LogP contribution >= 0.6 is 0 Å². The monoisotopic (exact) mass is 291 g/mol. The SMILES string of the molecule is CCOC(c1nc(N)cc(CC(C)C)n1)C1CCCCC1. The third-order valence-electron chi connectivity index (χ3n) is 4.11. The van der Waals surface area contributed by atoms with Crippen LogP contribution < -0.4 is 5.73 Å². The highest BCUT2D eigenvalue weighted by molar-refractivity contribution is 5.30. The number of aromatic nitrogens is 2. The standard InChI is InChI=1S/C17H29N3O/c1-4-21-16(13-8-6-5-7-9-13)17-19-14(10-12(2)3)11-15(18)20-17/h11-13,16H,4-10H2,1-3H3,(H2,18,19,20). The molecule has 0 spiro atoms. The largest absolute Gasteiger partial charge is 0.384 e. The molecule has 1 aromatic heterocycles. The summed E-state index contributed by atoms with van der Waals surface area (Å²) in [6, 6.07) is 1.90. The Labute approximate surface area is 128 Å². The summed E-state index contributed by atoms with van der Waals surface area (Å²) in [5, 5.41) is 0. The molecular weight excluding hydrogens is 262 g/mol. The van der Waals surface area contributed by atoms with E-state index in [0.29, 0.717) is 24.3 Å². The minimum atomic E-state index is 0.00436. The van der Waals surface area contributed by atoms with Crippen molar-refractivity contribution < 1.29 is 4.74 Å². The minimum Gasteiger partial charge on any atom is -0.384 e. The molecular formula is C17H29N3O. The van der Waals surface area contributed by atoms with Crippen LogP contribution in [0.25, 0.3) is 0 Å². The smallest absolute Gasteiger partial charge is 0.160 e. The van der Waals surface area contributed by atoms with Crippen LogP contribution in [0.1, 0.15) is 70.5 Å². The third-order valence-corrected chi connectivity index (χ3v) is 4.11. The Kier molecular flexibility index (Phi) is 5.97. The van der Waals surface area contributed by atoms with Gasteiger partial charge in [0.25, 0.3) is 0 Å². The van der Waals surface area contributed by atoms with Gasteiger partial charge in [0.1, 0.15) is 11.9 Å². The molecule has 1 unspecified atom stereocenters. The summed E-state index contributed by atoms with van der Waals surface area (Å²) >= 11 is 0. The molecule has 1 saturated carbocycles. The van der Waals surface area contributed by atoms with Crippen LogP contribution in [0.5, 0.6) is 0 Å². The van der Waals surface area contributed by atoms with Gasteiger partial charge in [0.2, 0.25) is 0 Å². The Bertz CT molecular complexity index is 442. The molecule has 2 N–H and O–H groups in total. The molecule has 0 radical (unpaired) electrons. The minimum absolute atomic E-state index is 0.00436. The van der Waals surface area contributed by atoms with Gasteiger partial charge >= 0.3 is 0 Å². The van der Waals surface area contributed by atoms with Gasteiger partial charge in [-0.05, 0) is 38.0 Å². The molecule has 4 heteroatoms. The fourth-order valence-corrected chi connectivity index (χ4v) is 3.23. The second-order valence-corrected chi connectivity index (χ2v) is 6.51. The van der Waals surface area contributed by atoms with Crippen LogP contribution in [0, 0.1) is 11.8 Å². The van der Waals surface area contributed by atoms with Gasteiger partial charge in [0.15, 0.2) is 5.82 Å². The van der Waals surface area contributed by atoms with Crippen LogP contribution in [0.2, 0.25) is 0 Å². The molecule has 118 valence electrons. The first-order chi connectivity index (χ1) is 10.1. The molecule has 1 aromatic rings. The Morgan fingerprint density at radius 1 is 1.24 bits per heavy atom. The van der Waals surface area contributed by atoms with E-state index in [4.69, 9.17) is 15.5 Å². The molecule has 4 nitrogen and oxygen atoms in total. The molecule has 0 saturated heterocycles. The first-order valence-electron chi connectivity index (χ1n) is 8.35. The van der Waals surface area contributed by atoms with Crippen LogP contribution in [-0.4, -0.2) is 16.6 Å². The summed E-state index contributed by atoms with van der Waals surface area (Å²) in [5.74, 6) is 2.45. The van der Waals surface area contributed by atoms with Gasteiger partial charge in [-0.25, -0.2) is 9.97 Å². The topological polar surface area (TPSA) is 61.0 Å². The van der Waals surface area contributed by atoms with E-state index in [1.54, 1.807) is 0 Å². The van der Waals surface area contributed by atoms with Crippen LogP contribution in [0.4, 0.5) is 5.82 Å². The van der Waals surface area contributed by atoms with E-state index < -0.39 is 0 Å². The first kappa shape index (κ1) is 16.2. The number of nitrogen functional groups attached to an aromatic ring is 1. The second kappa shape index (κ2) is 7.74. The van der Waals surface area contributed by atoms with Gasteiger partial charge in [-0.3, -0.25) is 0 Å². The van der Waals surface area contributed by atoms with Gasteiger partial charge in [-0.1, -0.05) is 33.1 Å². The molecule has 0 bridgehead atoms. The Morgan fingerprint density at radius 2 is 1.95 bits per heavy atom. The summed E-state index contributed by atoms with van der Waals surface area (Å²) in [7, 11) is 0. The average molecular weight is 291 g/mol. The molecule has 0 amide bonds. The van der Waals surface area contributed by atoms with Crippen molar-refractivity contribution in [3.8, 4) is 0 Å². The Morgan fingerprint density at radius 3 is 2.57 bits per heavy atom. The van der Waals surface area contributed by atoms with Crippen molar-refractivity contribution in [2.45, 2.75) is 65.4 Å². The van der Waals surface area contributed by atoms with Crippen molar-refractivity contribution in [1.82, 2.24) is 9.97 Å². The van der Waals surface area contributed by atoms with Gasteiger partial charge in [-0.2, -0.15) is 0 Å². The highest BCUT2D eigenvalue weighted by Gasteiger charge is 2.28. The maximum atomic E-state index is 6.00. The summed E-state index contributed by atoms with van der Waals surface area (Å²) in [4.78, 5) is 9.23. The first-order valence-corrected chi connectivity index (χ1v) is 8.35. The van der Waals surface area contributed by atoms with Crippen molar-refractivity contribution in [3.05, 3.63) is 17.6 Å². The number of hydrogen-bond acceptors (Lipinski definition) is 4. The number of hydrogen-bond donors (Lipinski definition) is 1. The summed E-state index contributed by atoms with van der Waals surface area (Å²) < 4.78 is 6.00. The lowest BCUT2D eigenvalue weighted by atomic mass is 9.85. The Balaban J connectivity index is 2.23. The van der Waals surface area contributed by atoms with E-state index in [9.17, 15) is 0 Å². The number of rotatable bonds is 6. The lowest BCUT2D eigenvalue weighted by Gasteiger charge is -2.29. The highest BCUT2D eigenvalue weighted by Crippen LogP contribution is 2.35. The predicted octanol–water partition coefficient (Wildman–Crippen LogP) is 3.92. The average Bonchev–Trinajstić information content (AvgIpc) is 2.44. The lowest BCUT2D eigenvalue weighted by Crippen LogP contribution is -2.22. The Hall–Kier alpha value is -1.16. The summed E-state index contributed by atoms with van der Waals surface area (Å²) in [5.41, 5.74) is 7.03. The van der Waals surface area contributed by atoms with Crippen molar-refractivity contribution in [2.24, 2.45) is 11.8 Å². The zero-order chi connectivity index (χ0) is 15.2. The summed E-state index contributed by atoms with van der Waals surface area (Å²) in [6.45, 7) is 7.12. The fourth-order valence-electron chi connectivity index (χ4n) is 3.23. The molecule has 1 aliphatic carbocycles. The third kappa shape index (κ3) is 4.67. The number of nitrogens with two attached hydrogens (primary N) is 1. The van der Waals surface area contributed by atoms with Crippen molar-refractivity contribution in [1.29, 1.82) is 0 Å². The van der Waals surface area contributed by atoms with Gasteiger partial charge in [-0.15, -0.1) is 0 Å². The number of anilines is 1. The molecule has 21 heavy (non-hydrogen) atoms. The second-order valence-electron chi connectivity index (χ2n) is 6.51. The van der Waals surface area contributed by atoms with Gasteiger partial charge in [0.05, 0.1) is 0 Å². The molecule has 1 fully saturated rings. The highest BCUT2D eigenvalue weighted by atomic mass is 16.5. The van der Waals surface area contributed by atoms with Crippen LogP contribution in [0.15, 0.2) is 6.07 Å². The lowest BCUT2D eigenvalue weighted by molar-refractivity contribution is -0.000238. The van der Waals surface area contributed by atoms with E-state index in [1.807, 2.05) is 13.0 Å². The van der Waals surface area contributed by atoms with Crippen molar-refractivity contribution in [3.63, 3.8) is 0 Å². The summed E-state index contributed by atoms with van der Waals surface area (Å²) in [6.07, 6.45) is 7.27. The molecule has 2 rings (SSSR count). The molecule has 0 aliphatic heterocycles. The van der Waals surface area contributed by atoms with Crippen LogP contribution in [0.3, 0.4) is 0 Å². The van der Waals surface area contributed by atoms with E-state index in [2.05, 4.69) is 18.8 Å². The zero-order valence-electron chi connectivity index (χ0n) is 13.6. The fraction of sp³-hybridized carbons (Fsp3) is 0.765. The van der Waals surface area contributed by atoms with Crippen LogP contribution in [-0.2, 0) is 11.2 Å². The maximum absolute atomic E-state index is 6.00. The van der Waals surface area contributed by atoms with E-state index in [0.717, 1.165) is 17.9 Å². The normalized spacial score (nSPS) is 18.1. The van der Waals surface area contributed by atoms with Crippen molar-refractivity contribution in [2.75, 3.05) is 12.3 Å². The molecule has 0 aromatic carbocycles. The van der Waals surface area contributed by atoms with Gasteiger partial charge in [0, 0.05) is 18.4 Å². The zero-order valence-corrected chi connectivity index (χ0v) is 13.6.